The number of nitrogens with one attached hydrogen (secondary N) is 2. The summed E-state index contributed by atoms with van der Waals surface area (Å²) in [6.07, 6.45) is 4.35. The lowest BCUT2D eigenvalue weighted by molar-refractivity contribution is -0.114. The number of hydrogen-bond acceptors (Lipinski definition) is 5. The number of amides is 2. The van der Waals surface area contributed by atoms with E-state index in [2.05, 4.69) is 15.6 Å². The van der Waals surface area contributed by atoms with Crippen LogP contribution in [-0.4, -0.2) is 38.0 Å². The van der Waals surface area contributed by atoms with Crippen molar-refractivity contribution in [3.05, 3.63) is 89.7 Å². The van der Waals surface area contributed by atoms with Crippen LogP contribution in [0.1, 0.15) is 21.5 Å². The predicted octanol–water partition coefficient (Wildman–Crippen LogP) is 2.72. The third-order valence-corrected chi connectivity index (χ3v) is 5.82. The van der Waals surface area contributed by atoms with Crippen LogP contribution < -0.4 is 14.9 Å². The molecule has 0 aliphatic rings. The number of nitrogens with zero attached hydrogens (tertiary/aromatic N) is 2. The summed E-state index contributed by atoms with van der Waals surface area (Å²) in [7, 11) is -3.71. The quantitative estimate of drug-likeness (QED) is 0.546. The largest absolute Gasteiger partial charge is 0.348 e. The number of benzene rings is 2. The Morgan fingerprint density at radius 3 is 2.41 bits per heavy atom. The number of hydrogen-bond donors (Lipinski definition) is 2. The second-order valence-electron chi connectivity index (χ2n) is 7.19. The van der Waals surface area contributed by atoms with E-state index in [4.69, 9.17) is 0 Å². The molecule has 8 nitrogen and oxygen atoms in total. The predicted molar refractivity (Wildman–Crippen MR) is 124 cm³/mol. The van der Waals surface area contributed by atoms with Crippen molar-refractivity contribution in [1.82, 2.24) is 10.3 Å². The molecular formula is C23H24N4O4S. The molecule has 1 aromatic heterocycles. The maximum atomic E-state index is 12.8. The van der Waals surface area contributed by atoms with Crippen LogP contribution >= 0.6 is 0 Å². The second kappa shape index (κ2) is 10.1. The summed E-state index contributed by atoms with van der Waals surface area (Å²) < 4.78 is 25.7. The molecule has 0 bridgehead atoms. The third-order valence-electron chi connectivity index (χ3n) is 4.69. The molecule has 2 N–H and O–H groups in total. The summed E-state index contributed by atoms with van der Waals surface area (Å²) >= 11 is 0. The number of anilines is 2. The average Bonchev–Trinajstić information content (AvgIpc) is 2.77. The molecular weight excluding hydrogens is 428 g/mol. The minimum Gasteiger partial charge on any atom is -0.348 e. The van der Waals surface area contributed by atoms with Gasteiger partial charge in [0.05, 0.1) is 23.2 Å². The fourth-order valence-electron chi connectivity index (χ4n) is 3.11. The minimum atomic E-state index is -3.71. The summed E-state index contributed by atoms with van der Waals surface area (Å²) in [6, 6.07) is 17.1. The fraction of sp³-hybridized carbons (Fsp3) is 0.174. The second-order valence-corrected chi connectivity index (χ2v) is 9.10. The first-order valence-corrected chi connectivity index (χ1v) is 11.7. The molecule has 0 atom stereocenters. The highest BCUT2D eigenvalue weighted by atomic mass is 32.2. The zero-order chi connectivity index (χ0) is 23.1. The van der Waals surface area contributed by atoms with Gasteiger partial charge in [0.25, 0.3) is 5.91 Å². The van der Waals surface area contributed by atoms with Crippen LogP contribution in [0.25, 0.3) is 0 Å². The first-order valence-electron chi connectivity index (χ1n) is 9.85. The number of carbonyl (C=O) groups excluding carboxylic acids is 2. The Kier molecular flexibility index (Phi) is 7.21. The lowest BCUT2D eigenvalue weighted by Gasteiger charge is -2.23. The molecule has 0 aliphatic carbocycles. The van der Waals surface area contributed by atoms with Crippen LogP contribution in [-0.2, 0) is 21.4 Å². The number of pyridine rings is 1. The van der Waals surface area contributed by atoms with Crippen molar-refractivity contribution in [2.75, 3.05) is 22.4 Å². The number of aromatic nitrogens is 1. The van der Waals surface area contributed by atoms with Gasteiger partial charge in [0.1, 0.15) is 6.54 Å². The van der Waals surface area contributed by atoms with Crippen LogP contribution in [0.4, 0.5) is 11.4 Å². The van der Waals surface area contributed by atoms with Gasteiger partial charge >= 0.3 is 0 Å². The Bertz CT molecular complexity index is 1210. The first-order chi connectivity index (χ1) is 15.3. The highest BCUT2D eigenvalue weighted by Crippen LogP contribution is 2.22. The van der Waals surface area contributed by atoms with Gasteiger partial charge in [-0.05, 0) is 42.3 Å². The monoisotopic (exact) mass is 452 g/mol. The lowest BCUT2D eigenvalue weighted by Crippen LogP contribution is -2.38. The van der Waals surface area contributed by atoms with Crippen molar-refractivity contribution < 1.29 is 18.0 Å². The normalized spacial score (nSPS) is 10.9. The maximum Gasteiger partial charge on any atom is 0.253 e. The van der Waals surface area contributed by atoms with Gasteiger partial charge in [0.15, 0.2) is 0 Å². The molecule has 1 heterocycles. The summed E-state index contributed by atoms with van der Waals surface area (Å²) in [5, 5.41) is 5.45. The van der Waals surface area contributed by atoms with Gasteiger partial charge in [-0.25, -0.2) is 8.42 Å². The molecule has 166 valence electrons. The number of rotatable bonds is 8. The van der Waals surface area contributed by atoms with Crippen molar-refractivity contribution in [3.8, 4) is 0 Å². The molecule has 3 rings (SSSR count). The van der Waals surface area contributed by atoms with Crippen molar-refractivity contribution in [2.24, 2.45) is 0 Å². The van der Waals surface area contributed by atoms with Gasteiger partial charge in [-0.3, -0.25) is 18.9 Å². The Hall–Kier alpha value is -3.72. The molecule has 0 radical (unpaired) electrons. The maximum absolute atomic E-state index is 12.8. The van der Waals surface area contributed by atoms with E-state index in [1.54, 1.807) is 73.9 Å². The van der Waals surface area contributed by atoms with E-state index in [1.807, 2.05) is 6.07 Å². The first kappa shape index (κ1) is 23.0. The Labute approximate surface area is 187 Å². The van der Waals surface area contributed by atoms with Crippen molar-refractivity contribution in [1.29, 1.82) is 0 Å². The summed E-state index contributed by atoms with van der Waals surface area (Å²) in [5.41, 5.74) is 2.55. The van der Waals surface area contributed by atoms with Crippen molar-refractivity contribution >= 4 is 33.2 Å². The summed E-state index contributed by atoms with van der Waals surface area (Å²) in [5.74, 6) is -0.935. The molecule has 3 aromatic rings. The zero-order valence-electron chi connectivity index (χ0n) is 17.8. The zero-order valence-corrected chi connectivity index (χ0v) is 18.6. The molecule has 0 unspecified atom stereocenters. The minimum absolute atomic E-state index is 0.270. The fourth-order valence-corrected chi connectivity index (χ4v) is 4.03. The van der Waals surface area contributed by atoms with Crippen LogP contribution in [0.2, 0.25) is 0 Å². The third kappa shape index (κ3) is 5.92. The molecule has 0 aliphatic heterocycles. The molecule has 9 heteroatoms. The number of aryl methyl sites for hydroxylation is 1. The molecule has 0 saturated heterocycles. The average molecular weight is 453 g/mol. The molecule has 32 heavy (non-hydrogen) atoms. The van der Waals surface area contributed by atoms with Gasteiger partial charge < -0.3 is 10.6 Å². The Morgan fingerprint density at radius 1 is 1.00 bits per heavy atom. The van der Waals surface area contributed by atoms with Crippen LogP contribution in [0, 0.1) is 6.92 Å². The summed E-state index contributed by atoms with van der Waals surface area (Å²) in [6.45, 7) is 1.63. The van der Waals surface area contributed by atoms with E-state index in [9.17, 15) is 18.0 Å². The van der Waals surface area contributed by atoms with Gasteiger partial charge in [0, 0.05) is 18.9 Å². The molecule has 2 aromatic carbocycles. The summed E-state index contributed by atoms with van der Waals surface area (Å²) in [4.78, 5) is 29.4. The van der Waals surface area contributed by atoms with Gasteiger partial charge in [0.2, 0.25) is 15.9 Å². The number of sulfonamides is 1. The molecule has 0 saturated carbocycles. The Balaban J connectivity index is 1.75. The van der Waals surface area contributed by atoms with E-state index >= 15 is 0 Å². The van der Waals surface area contributed by atoms with Crippen LogP contribution in [0.5, 0.6) is 0 Å². The smallest absolute Gasteiger partial charge is 0.253 e. The molecule has 2 amide bonds. The Morgan fingerprint density at radius 2 is 1.72 bits per heavy atom. The number of para-hydroxylation sites is 2. The number of carbonyl (C=O) groups is 2. The van der Waals surface area contributed by atoms with Gasteiger partial charge in [-0.1, -0.05) is 36.4 Å². The topological polar surface area (TPSA) is 108 Å². The lowest BCUT2D eigenvalue weighted by atomic mass is 10.1. The van der Waals surface area contributed by atoms with E-state index in [-0.39, 0.29) is 18.0 Å². The SMILES string of the molecule is Cc1ccccc1N(CC(=O)Nc1ccccc1C(=O)NCc1cccnc1)S(C)(=O)=O. The van der Waals surface area contributed by atoms with E-state index in [0.29, 0.717) is 11.4 Å². The van der Waals surface area contributed by atoms with Crippen LogP contribution in [0.3, 0.4) is 0 Å². The van der Waals surface area contributed by atoms with Gasteiger partial charge in [-0.2, -0.15) is 0 Å². The standard InChI is InChI=1S/C23H24N4O4S/c1-17-8-3-6-12-21(17)27(32(2,30)31)16-22(28)26-20-11-5-4-10-19(20)23(29)25-15-18-9-7-13-24-14-18/h3-14H,15-16H2,1-2H3,(H,25,29)(H,26,28). The van der Waals surface area contributed by atoms with Gasteiger partial charge in [-0.15, -0.1) is 0 Å². The van der Waals surface area contributed by atoms with Crippen molar-refractivity contribution in [2.45, 2.75) is 13.5 Å². The molecule has 0 fully saturated rings. The van der Waals surface area contributed by atoms with Crippen molar-refractivity contribution in [3.63, 3.8) is 0 Å². The molecule has 0 spiro atoms. The van der Waals surface area contributed by atoms with E-state index in [1.165, 1.54) is 0 Å². The van der Waals surface area contributed by atoms with Crippen LogP contribution in [0.15, 0.2) is 73.1 Å². The highest BCUT2D eigenvalue weighted by Gasteiger charge is 2.23. The van der Waals surface area contributed by atoms with E-state index < -0.39 is 22.5 Å². The van der Waals surface area contributed by atoms with E-state index in [0.717, 1.165) is 21.7 Å². The highest BCUT2D eigenvalue weighted by molar-refractivity contribution is 7.92.